The molecule has 2 nitrogen and oxygen atoms in total. The topological polar surface area (TPSA) is 37.3 Å². The summed E-state index contributed by atoms with van der Waals surface area (Å²) in [6.07, 6.45) is 3.13. The Morgan fingerprint density at radius 2 is 2.10 bits per heavy atom. The quantitative estimate of drug-likeness (QED) is 0.594. The van der Waals surface area contributed by atoms with Crippen LogP contribution in [0.3, 0.4) is 0 Å². The first-order valence-electron chi connectivity index (χ1n) is 3.80. The third-order valence-electron chi connectivity index (χ3n) is 1.40. The first-order chi connectivity index (χ1) is 4.63. The average molecular weight is 144 g/mol. The third kappa shape index (κ3) is 7.63. The highest BCUT2D eigenvalue weighted by Crippen LogP contribution is 2.02. The van der Waals surface area contributed by atoms with Gasteiger partial charge in [-0.1, -0.05) is 6.42 Å². The predicted octanol–water partition coefficient (Wildman–Crippen LogP) is 1.52. The van der Waals surface area contributed by atoms with Crippen LogP contribution in [0.5, 0.6) is 0 Å². The maximum absolute atomic E-state index is 10.4. The van der Waals surface area contributed by atoms with Crippen LogP contribution in [-0.2, 0) is 4.79 Å². The lowest BCUT2D eigenvalue weighted by atomic mass is 10.1. The molecule has 0 unspecified atom stereocenters. The minimum atomic E-state index is -0.216. The summed E-state index contributed by atoms with van der Waals surface area (Å²) in [5, 5.41) is 8.83. The molecule has 60 valence electrons. The Morgan fingerprint density at radius 3 is 2.50 bits per heavy atom. The smallest absolute Gasteiger partial charge is 0.129 e. The van der Waals surface area contributed by atoms with Crippen LogP contribution in [0.15, 0.2) is 0 Å². The highest BCUT2D eigenvalue weighted by molar-refractivity contribution is 5.75. The van der Waals surface area contributed by atoms with Crippen molar-refractivity contribution in [2.45, 2.75) is 45.6 Å². The summed E-state index contributed by atoms with van der Waals surface area (Å²) >= 11 is 0. The highest BCUT2D eigenvalue weighted by atomic mass is 16.3. The molecule has 0 aliphatic rings. The second-order valence-electron chi connectivity index (χ2n) is 2.80. The molecule has 0 aliphatic heterocycles. The molecule has 0 saturated heterocycles. The minimum absolute atomic E-state index is 0.216. The lowest BCUT2D eigenvalue weighted by Gasteiger charge is -2.01. The first kappa shape index (κ1) is 9.63. The molecule has 0 fully saturated rings. The van der Waals surface area contributed by atoms with Crippen molar-refractivity contribution in [1.29, 1.82) is 0 Å². The van der Waals surface area contributed by atoms with Crippen LogP contribution in [0.1, 0.15) is 39.5 Å². The van der Waals surface area contributed by atoms with Gasteiger partial charge in [-0.3, -0.25) is 0 Å². The molecule has 0 amide bonds. The van der Waals surface area contributed by atoms with Crippen molar-refractivity contribution in [3.05, 3.63) is 0 Å². The maximum atomic E-state index is 10.4. The van der Waals surface area contributed by atoms with Gasteiger partial charge < -0.3 is 9.90 Å². The van der Waals surface area contributed by atoms with Gasteiger partial charge in [0.2, 0.25) is 0 Å². The van der Waals surface area contributed by atoms with Crippen molar-refractivity contribution in [1.82, 2.24) is 0 Å². The SMILES string of the molecule is CC(=O)CCCC[C@@H](C)O. The van der Waals surface area contributed by atoms with Gasteiger partial charge in [0.05, 0.1) is 6.10 Å². The van der Waals surface area contributed by atoms with E-state index in [4.69, 9.17) is 5.11 Å². The van der Waals surface area contributed by atoms with E-state index in [1.54, 1.807) is 13.8 Å². The van der Waals surface area contributed by atoms with Crippen molar-refractivity contribution in [3.8, 4) is 0 Å². The summed E-state index contributed by atoms with van der Waals surface area (Å²) in [7, 11) is 0. The summed E-state index contributed by atoms with van der Waals surface area (Å²) < 4.78 is 0. The normalized spacial score (nSPS) is 13.1. The van der Waals surface area contributed by atoms with Crippen molar-refractivity contribution in [2.75, 3.05) is 0 Å². The van der Waals surface area contributed by atoms with E-state index in [2.05, 4.69) is 0 Å². The molecule has 0 aromatic rings. The fraction of sp³-hybridized carbons (Fsp3) is 0.875. The molecule has 0 aliphatic carbocycles. The molecule has 10 heavy (non-hydrogen) atoms. The molecule has 0 bridgehead atoms. The molecule has 0 saturated carbocycles. The lowest BCUT2D eigenvalue weighted by molar-refractivity contribution is -0.117. The molecule has 0 heterocycles. The lowest BCUT2D eigenvalue weighted by Crippen LogP contribution is -1.99. The van der Waals surface area contributed by atoms with E-state index in [9.17, 15) is 4.79 Å². The molecule has 2 heteroatoms. The van der Waals surface area contributed by atoms with E-state index < -0.39 is 0 Å². The van der Waals surface area contributed by atoms with Crippen molar-refractivity contribution in [3.63, 3.8) is 0 Å². The van der Waals surface area contributed by atoms with Gasteiger partial charge >= 0.3 is 0 Å². The Balaban J connectivity index is 2.98. The van der Waals surface area contributed by atoms with Crippen LogP contribution >= 0.6 is 0 Å². The molecule has 1 N–H and O–H groups in total. The zero-order valence-electron chi connectivity index (χ0n) is 6.76. The zero-order chi connectivity index (χ0) is 7.98. The summed E-state index contributed by atoms with van der Waals surface area (Å²) in [5.41, 5.74) is 0. The van der Waals surface area contributed by atoms with Crippen molar-refractivity contribution >= 4 is 5.78 Å². The summed E-state index contributed by atoms with van der Waals surface area (Å²) in [6.45, 7) is 3.37. The number of ketones is 1. The molecule has 1 atom stereocenters. The standard InChI is InChI=1S/C8H16O2/c1-7(9)5-3-4-6-8(2)10/h7,9H,3-6H2,1-2H3/t7-/m1/s1. The molecule has 0 aromatic heterocycles. The number of carbonyl (C=O) groups is 1. The Morgan fingerprint density at radius 1 is 1.50 bits per heavy atom. The third-order valence-corrected chi connectivity index (χ3v) is 1.40. The van der Waals surface area contributed by atoms with Gasteiger partial charge in [0.15, 0.2) is 0 Å². The second-order valence-corrected chi connectivity index (χ2v) is 2.80. The van der Waals surface area contributed by atoms with E-state index in [-0.39, 0.29) is 11.9 Å². The molecular formula is C8H16O2. The summed E-state index contributed by atoms with van der Waals surface area (Å²) in [4.78, 5) is 10.4. The molecule has 0 spiro atoms. The second kappa shape index (κ2) is 5.42. The van der Waals surface area contributed by atoms with Crippen LogP contribution in [0.4, 0.5) is 0 Å². The first-order valence-corrected chi connectivity index (χ1v) is 3.80. The van der Waals surface area contributed by atoms with Gasteiger partial charge in [0.25, 0.3) is 0 Å². The Labute approximate surface area is 62.2 Å². The number of aliphatic hydroxyl groups is 1. The van der Waals surface area contributed by atoms with Crippen LogP contribution in [-0.4, -0.2) is 17.0 Å². The van der Waals surface area contributed by atoms with Gasteiger partial charge in [-0.25, -0.2) is 0 Å². The van der Waals surface area contributed by atoms with Gasteiger partial charge in [0, 0.05) is 6.42 Å². The minimum Gasteiger partial charge on any atom is -0.393 e. The van der Waals surface area contributed by atoms with Crippen LogP contribution in [0.2, 0.25) is 0 Å². The van der Waals surface area contributed by atoms with E-state index in [0.717, 1.165) is 19.3 Å². The van der Waals surface area contributed by atoms with Crippen LogP contribution in [0.25, 0.3) is 0 Å². The van der Waals surface area contributed by atoms with Crippen molar-refractivity contribution in [2.24, 2.45) is 0 Å². The summed E-state index contributed by atoms with van der Waals surface area (Å²) in [6, 6.07) is 0. The number of unbranched alkanes of at least 4 members (excludes halogenated alkanes) is 1. The monoisotopic (exact) mass is 144 g/mol. The molecule has 0 rings (SSSR count). The number of aliphatic hydroxyl groups excluding tert-OH is 1. The van der Waals surface area contributed by atoms with Gasteiger partial charge in [-0.05, 0) is 26.7 Å². The fourth-order valence-corrected chi connectivity index (χ4v) is 0.814. The van der Waals surface area contributed by atoms with E-state index in [1.807, 2.05) is 0 Å². The van der Waals surface area contributed by atoms with E-state index in [1.165, 1.54) is 0 Å². The van der Waals surface area contributed by atoms with Crippen molar-refractivity contribution < 1.29 is 9.90 Å². The Hall–Kier alpha value is -0.370. The van der Waals surface area contributed by atoms with E-state index in [0.29, 0.717) is 6.42 Å². The van der Waals surface area contributed by atoms with Crippen LogP contribution in [0, 0.1) is 0 Å². The maximum Gasteiger partial charge on any atom is 0.129 e. The number of carbonyl (C=O) groups excluding carboxylic acids is 1. The van der Waals surface area contributed by atoms with Crippen LogP contribution < -0.4 is 0 Å². The van der Waals surface area contributed by atoms with E-state index >= 15 is 0 Å². The van der Waals surface area contributed by atoms with Gasteiger partial charge in [-0.2, -0.15) is 0 Å². The zero-order valence-corrected chi connectivity index (χ0v) is 6.76. The Bertz CT molecular complexity index is 97.4. The molecular weight excluding hydrogens is 128 g/mol. The number of hydrogen-bond acceptors (Lipinski definition) is 2. The average Bonchev–Trinajstić information content (AvgIpc) is 1.79. The largest absolute Gasteiger partial charge is 0.393 e. The molecule has 0 aromatic carbocycles. The van der Waals surface area contributed by atoms with Gasteiger partial charge in [-0.15, -0.1) is 0 Å². The predicted molar refractivity (Wildman–Crippen MR) is 40.8 cm³/mol. The number of Topliss-reactive ketones (excluding diaryl/α,β-unsaturated/α-hetero) is 1. The summed E-state index contributed by atoms with van der Waals surface area (Å²) in [5.74, 6) is 0.241. The van der Waals surface area contributed by atoms with Gasteiger partial charge in [0.1, 0.15) is 5.78 Å². The number of rotatable bonds is 5. The number of hydrogen-bond donors (Lipinski definition) is 1. The fourth-order valence-electron chi connectivity index (χ4n) is 0.814. The molecule has 0 radical (unpaired) electrons. The Kier molecular flexibility index (Phi) is 5.22. The highest BCUT2D eigenvalue weighted by Gasteiger charge is 1.96.